The summed E-state index contributed by atoms with van der Waals surface area (Å²) in [4.78, 5) is 2.32. The minimum Gasteiger partial charge on any atom is -0.392 e. The molecule has 1 saturated heterocycles. The average Bonchev–Trinajstić information content (AvgIpc) is 2.79. The molecule has 0 aromatic heterocycles. The van der Waals surface area contributed by atoms with E-state index in [1.807, 2.05) is 0 Å². The molecule has 4 nitrogen and oxygen atoms in total. The van der Waals surface area contributed by atoms with Gasteiger partial charge in [-0.25, -0.2) is 0 Å². The third-order valence-corrected chi connectivity index (χ3v) is 7.45. The molecule has 1 N–H and O–H groups in total. The lowest BCUT2D eigenvalue weighted by Crippen LogP contribution is -2.48. The highest BCUT2D eigenvalue weighted by Crippen LogP contribution is 2.66. The van der Waals surface area contributed by atoms with Crippen molar-refractivity contribution in [2.45, 2.75) is 84.7 Å². The van der Waals surface area contributed by atoms with E-state index in [9.17, 15) is 5.11 Å². The van der Waals surface area contributed by atoms with Crippen molar-refractivity contribution in [2.24, 2.45) is 16.7 Å². The number of morpholine rings is 1. The van der Waals surface area contributed by atoms with Crippen molar-refractivity contribution in [3.63, 3.8) is 0 Å². The molecule has 3 rings (SSSR count). The van der Waals surface area contributed by atoms with Crippen LogP contribution in [-0.2, 0) is 9.47 Å². The summed E-state index contributed by atoms with van der Waals surface area (Å²) >= 11 is 0. The van der Waals surface area contributed by atoms with Gasteiger partial charge in [-0.3, -0.25) is 4.90 Å². The zero-order valence-electron chi connectivity index (χ0n) is 16.3. The van der Waals surface area contributed by atoms with Gasteiger partial charge in [0.25, 0.3) is 0 Å². The molecule has 4 heteroatoms. The molecule has 0 unspecified atom stereocenters. The lowest BCUT2D eigenvalue weighted by atomic mass is 9.70. The number of aliphatic hydroxyl groups is 1. The van der Waals surface area contributed by atoms with Gasteiger partial charge in [-0.1, -0.05) is 20.8 Å². The molecule has 0 amide bonds. The number of rotatable bonds is 6. The predicted octanol–water partition coefficient (Wildman–Crippen LogP) is 3.08. The highest BCUT2D eigenvalue weighted by atomic mass is 16.5. The van der Waals surface area contributed by atoms with Gasteiger partial charge in [-0.05, 0) is 56.3 Å². The van der Waals surface area contributed by atoms with Crippen LogP contribution in [0.5, 0.6) is 0 Å². The molecule has 2 bridgehead atoms. The standard InChI is InChI=1S/C20H37NO3/c1-14-11-21(12-15(2)24-14)13-17(22)7-9-23-18-10-16-6-8-20(18,5)19(16,3)4/h14-18,22H,6-13H2,1-5H3/t14-,15+,16-,17-,18+,20-/m1/s1. The molecule has 0 radical (unpaired) electrons. The molecule has 0 spiro atoms. The van der Waals surface area contributed by atoms with E-state index in [0.717, 1.165) is 32.0 Å². The summed E-state index contributed by atoms with van der Waals surface area (Å²) in [5, 5.41) is 10.4. The first kappa shape index (κ1) is 18.6. The van der Waals surface area contributed by atoms with Crippen molar-refractivity contribution < 1.29 is 14.6 Å². The number of β-amino-alcohol motifs (C(OH)–C–C–N with tert-alkyl or cyclic N) is 1. The second-order valence-electron chi connectivity index (χ2n) is 9.39. The Bertz CT molecular complexity index is 431. The smallest absolute Gasteiger partial charge is 0.0689 e. The third-order valence-electron chi connectivity index (χ3n) is 7.45. The molecule has 3 aliphatic rings. The van der Waals surface area contributed by atoms with E-state index in [1.54, 1.807) is 0 Å². The highest BCUT2D eigenvalue weighted by Gasteiger charge is 2.61. The lowest BCUT2D eigenvalue weighted by molar-refractivity contribution is -0.0825. The minimum absolute atomic E-state index is 0.258. The molecule has 3 fully saturated rings. The van der Waals surface area contributed by atoms with E-state index in [1.165, 1.54) is 19.3 Å². The third kappa shape index (κ3) is 3.40. The number of hydrogen-bond donors (Lipinski definition) is 1. The largest absolute Gasteiger partial charge is 0.392 e. The Labute approximate surface area is 147 Å². The predicted molar refractivity (Wildman–Crippen MR) is 96.0 cm³/mol. The Morgan fingerprint density at radius 2 is 1.88 bits per heavy atom. The second kappa shape index (κ2) is 6.86. The molecule has 6 atom stereocenters. The van der Waals surface area contributed by atoms with Gasteiger partial charge in [-0.2, -0.15) is 0 Å². The van der Waals surface area contributed by atoms with Crippen LogP contribution in [-0.4, -0.2) is 60.7 Å². The topological polar surface area (TPSA) is 41.9 Å². The molecule has 2 aliphatic carbocycles. The molecule has 24 heavy (non-hydrogen) atoms. The van der Waals surface area contributed by atoms with Crippen LogP contribution in [0.25, 0.3) is 0 Å². The summed E-state index contributed by atoms with van der Waals surface area (Å²) in [5.41, 5.74) is 0.716. The van der Waals surface area contributed by atoms with Crippen LogP contribution in [0.15, 0.2) is 0 Å². The quantitative estimate of drug-likeness (QED) is 0.807. The fraction of sp³-hybridized carbons (Fsp3) is 1.00. The Hall–Kier alpha value is -0.160. The van der Waals surface area contributed by atoms with Gasteiger partial charge in [-0.15, -0.1) is 0 Å². The van der Waals surface area contributed by atoms with Crippen molar-refractivity contribution in [3.8, 4) is 0 Å². The van der Waals surface area contributed by atoms with Crippen LogP contribution in [0.3, 0.4) is 0 Å². The fourth-order valence-corrected chi connectivity index (χ4v) is 5.55. The van der Waals surface area contributed by atoms with E-state index in [4.69, 9.17) is 9.47 Å². The van der Waals surface area contributed by atoms with Crippen LogP contribution in [0.2, 0.25) is 0 Å². The monoisotopic (exact) mass is 339 g/mol. The van der Waals surface area contributed by atoms with E-state index < -0.39 is 0 Å². The van der Waals surface area contributed by atoms with E-state index in [0.29, 0.717) is 23.5 Å². The van der Waals surface area contributed by atoms with E-state index >= 15 is 0 Å². The first-order chi connectivity index (χ1) is 11.2. The van der Waals surface area contributed by atoms with Gasteiger partial charge in [0.1, 0.15) is 0 Å². The Morgan fingerprint density at radius 1 is 1.21 bits per heavy atom. The molecular formula is C20H37NO3. The zero-order chi connectivity index (χ0) is 17.5. The van der Waals surface area contributed by atoms with Crippen molar-refractivity contribution >= 4 is 0 Å². The lowest BCUT2D eigenvalue weighted by Gasteiger charge is -2.39. The number of hydrogen-bond acceptors (Lipinski definition) is 4. The maximum absolute atomic E-state index is 10.4. The van der Waals surface area contributed by atoms with Gasteiger partial charge in [0.2, 0.25) is 0 Å². The van der Waals surface area contributed by atoms with Gasteiger partial charge in [0.15, 0.2) is 0 Å². The zero-order valence-corrected chi connectivity index (χ0v) is 16.3. The normalized spacial score (nSPS) is 43.2. The molecule has 2 saturated carbocycles. The molecular weight excluding hydrogens is 302 g/mol. The van der Waals surface area contributed by atoms with Crippen molar-refractivity contribution in [1.82, 2.24) is 4.90 Å². The maximum atomic E-state index is 10.4. The fourth-order valence-electron chi connectivity index (χ4n) is 5.55. The Morgan fingerprint density at radius 3 is 2.42 bits per heavy atom. The summed E-state index contributed by atoms with van der Waals surface area (Å²) in [7, 11) is 0. The van der Waals surface area contributed by atoms with E-state index in [2.05, 4.69) is 39.5 Å². The van der Waals surface area contributed by atoms with Crippen LogP contribution in [0.1, 0.15) is 60.3 Å². The molecule has 1 aliphatic heterocycles. The van der Waals surface area contributed by atoms with Crippen LogP contribution in [0.4, 0.5) is 0 Å². The SMILES string of the molecule is C[C@@H]1CN(C[C@H](O)CCO[C@H]2C[C@H]3CC[C@@]2(C)C3(C)C)C[C@H](C)O1. The van der Waals surface area contributed by atoms with Gasteiger partial charge >= 0.3 is 0 Å². The highest BCUT2D eigenvalue weighted by molar-refractivity contribution is 5.11. The summed E-state index contributed by atoms with van der Waals surface area (Å²) in [5.74, 6) is 0.814. The summed E-state index contributed by atoms with van der Waals surface area (Å²) < 4.78 is 12.0. The number of fused-ring (bicyclic) bond motifs is 2. The Kier molecular flexibility index (Phi) is 5.33. The van der Waals surface area contributed by atoms with Crippen LogP contribution >= 0.6 is 0 Å². The summed E-state index contributed by atoms with van der Waals surface area (Å²) in [6.07, 6.45) is 5.18. The maximum Gasteiger partial charge on any atom is 0.0689 e. The van der Waals surface area contributed by atoms with Gasteiger partial charge in [0.05, 0.1) is 24.4 Å². The molecule has 0 aromatic rings. The van der Waals surface area contributed by atoms with Gasteiger partial charge in [0, 0.05) is 26.2 Å². The first-order valence-corrected chi connectivity index (χ1v) is 9.90. The van der Waals surface area contributed by atoms with Crippen LogP contribution in [0, 0.1) is 16.7 Å². The first-order valence-electron chi connectivity index (χ1n) is 9.90. The molecule has 140 valence electrons. The summed E-state index contributed by atoms with van der Waals surface area (Å²) in [6.45, 7) is 14.7. The summed E-state index contributed by atoms with van der Waals surface area (Å²) in [6, 6.07) is 0. The number of aliphatic hydroxyl groups excluding tert-OH is 1. The van der Waals surface area contributed by atoms with Gasteiger partial charge < -0.3 is 14.6 Å². The molecule has 1 heterocycles. The average molecular weight is 340 g/mol. The Balaban J connectivity index is 1.41. The van der Waals surface area contributed by atoms with Crippen molar-refractivity contribution in [3.05, 3.63) is 0 Å². The minimum atomic E-state index is -0.304. The molecule has 0 aromatic carbocycles. The number of ether oxygens (including phenoxy) is 2. The number of nitrogens with zero attached hydrogens (tertiary/aromatic N) is 1. The van der Waals surface area contributed by atoms with Crippen LogP contribution < -0.4 is 0 Å². The van der Waals surface area contributed by atoms with E-state index in [-0.39, 0.29) is 18.3 Å². The van der Waals surface area contributed by atoms with Crippen molar-refractivity contribution in [2.75, 3.05) is 26.2 Å². The van der Waals surface area contributed by atoms with Crippen molar-refractivity contribution in [1.29, 1.82) is 0 Å². The second-order valence-corrected chi connectivity index (χ2v) is 9.39.